The zero-order valence-electron chi connectivity index (χ0n) is 10.9. The molecule has 17 heavy (non-hydrogen) atoms. The lowest BCUT2D eigenvalue weighted by atomic mass is 10.1. The lowest BCUT2D eigenvalue weighted by Crippen LogP contribution is -2.44. The molecule has 0 aliphatic carbocycles. The summed E-state index contributed by atoms with van der Waals surface area (Å²) in [6, 6.07) is 0.330. The molecular formula is C12H25N3OS. The summed E-state index contributed by atoms with van der Waals surface area (Å²) in [5, 5.41) is 3.60. The Hall–Kier alpha value is -0.260. The summed E-state index contributed by atoms with van der Waals surface area (Å²) in [5.41, 5.74) is 5.83. The molecule has 100 valence electrons. The minimum Gasteiger partial charge on any atom is -0.355 e. The summed E-state index contributed by atoms with van der Waals surface area (Å²) in [7, 11) is 0. The Balaban J connectivity index is 2.08. The van der Waals surface area contributed by atoms with Gasteiger partial charge in [-0.2, -0.15) is 11.8 Å². The van der Waals surface area contributed by atoms with Crippen LogP contribution in [0.5, 0.6) is 0 Å². The number of likely N-dealkylation sites (tertiary alicyclic amines) is 1. The first-order valence-corrected chi connectivity index (χ1v) is 7.68. The average Bonchev–Trinajstić information content (AvgIpc) is 2.32. The highest BCUT2D eigenvalue weighted by molar-refractivity contribution is 7.99. The molecule has 0 aromatic heterocycles. The van der Waals surface area contributed by atoms with E-state index in [1.165, 1.54) is 0 Å². The van der Waals surface area contributed by atoms with E-state index in [1.54, 1.807) is 0 Å². The Morgan fingerprint density at radius 2 is 2.18 bits per heavy atom. The first-order chi connectivity index (χ1) is 8.11. The molecule has 0 saturated carbocycles. The van der Waals surface area contributed by atoms with E-state index in [0.29, 0.717) is 17.8 Å². The van der Waals surface area contributed by atoms with Crippen molar-refractivity contribution in [2.45, 2.75) is 37.5 Å². The number of nitrogens with one attached hydrogen (secondary N) is 1. The van der Waals surface area contributed by atoms with Crippen LogP contribution in [0.25, 0.3) is 0 Å². The van der Waals surface area contributed by atoms with Gasteiger partial charge in [0.25, 0.3) is 0 Å². The van der Waals surface area contributed by atoms with E-state index in [1.807, 2.05) is 11.8 Å². The summed E-state index contributed by atoms with van der Waals surface area (Å²) in [6.07, 6.45) is 5.16. The van der Waals surface area contributed by atoms with Gasteiger partial charge in [-0.1, -0.05) is 6.92 Å². The van der Waals surface area contributed by atoms with Crippen LogP contribution in [0, 0.1) is 0 Å². The molecule has 1 aliphatic heterocycles. The van der Waals surface area contributed by atoms with Gasteiger partial charge in [-0.05, 0) is 25.5 Å². The first-order valence-electron chi connectivity index (χ1n) is 6.39. The van der Waals surface area contributed by atoms with Crippen LogP contribution in [0.15, 0.2) is 0 Å². The van der Waals surface area contributed by atoms with E-state index in [2.05, 4.69) is 23.4 Å². The zero-order chi connectivity index (χ0) is 12.7. The van der Waals surface area contributed by atoms with E-state index in [0.717, 1.165) is 38.9 Å². The summed E-state index contributed by atoms with van der Waals surface area (Å²) >= 11 is 1.84. The predicted molar refractivity (Wildman–Crippen MR) is 74.3 cm³/mol. The van der Waals surface area contributed by atoms with E-state index >= 15 is 0 Å². The topological polar surface area (TPSA) is 58.4 Å². The van der Waals surface area contributed by atoms with Crippen molar-refractivity contribution < 1.29 is 4.79 Å². The number of piperidine rings is 1. The van der Waals surface area contributed by atoms with Gasteiger partial charge in [0.2, 0.25) is 5.91 Å². The van der Waals surface area contributed by atoms with Crippen molar-refractivity contribution in [3.05, 3.63) is 0 Å². The maximum Gasteiger partial charge on any atom is 0.234 e. The number of nitrogens with two attached hydrogens (primary N) is 1. The highest BCUT2D eigenvalue weighted by atomic mass is 32.2. The lowest BCUT2D eigenvalue weighted by Gasteiger charge is -2.29. The fourth-order valence-corrected chi connectivity index (χ4v) is 2.26. The third-order valence-corrected chi connectivity index (χ3v) is 4.32. The molecule has 1 fully saturated rings. The molecule has 3 N–H and O–H groups in total. The fourth-order valence-electron chi connectivity index (χ4n) is 1.90. The minimum atomic E-state index is 0.147. The quantitative estimate of drug-likeness (QED) is 0.736. The van der Waals surface area contributed by atoms with E-state index in [4.69, 9.17) is 5.73 Å². The van der Waals surface area contributed by atoms with Crippen molar-refractivity contribution in [1.29, 1.82) is 0 Å². The standard InChI is InChI=1S/C12H25N3OS/c1-10(17-2)3-6-14-12(16)9-15-7-4-11(13)5-8-15/h10-11H,3-9,13H2,1-2H3,(H,14,16). The van der Waals surface area contributed by atoms with Gasteiger partial charge in [-0.3, -0.25) is 9.69 Å². The molecular weight excluding hydrogens is 234 g/mol. The van der Waals surface area contributed by atoms with Gasteiger partial charge in [0, 0.05) is 30.9 Å². The second kappa shape index (κ2) is 7.95. The van der Waals surface area contributed by atoms with E-state index < -0.39 is 0 Å². The van der Waals surface area contributed by atoms with Crippen molar-refractivity contribution in [2.75, 3.05) is 32.4 Å². The number of rotatable bonds is 6. The van der Waals surface area contributed by atoms with Crippen molar-refractivity contribution in [3.63, 3.8) is 0 Å². The maximum absolute atomic E-state index is 11.7. The van der Waals surface area contributed by atoms with Crippen LogP contribution in [-0.4, -0.2) is 54.5 Å². The van der Waals surface area contributed by atoms with Crippen LogP contribution < -0.4 is 11.1 Å². The molecule has 1 aliphatic rings. The summed E-state index contributed by atoms with van der Waals surface area (Å²) < 4.78 is 0. The molecule has 0 radical (unpaired) electrons. The number of hydrogen-bond donors (Lipinski definition) is 2. The SMILES string of the molecule is CSC(C)CCNC(=O)CN1CCC(N)CC1. The molecule has 1 unspecified atom stereocenters. The Labute approximate surface area is 109 Å². The molecule has 1 saturated heterocycles. The monoisotopic (exact) mass is 259 g/mol. The highest BCUT2D eigenvalue weighted by Gasteiger charge is 2.17. The number of thioether (sulfide) groups is 1. The summed E-state index contributed by atoms with van der Waals surface area (Å²) in [4.78, 5) is 13.9. The number of carbonyl (C=O) groups is 1. The normalized spacial score (nSPS) is 20.2. The lowest BCUT2D eigenvalue weighted by molar-refractivity contribution is -0.122. The molecule has 1 heterocycles. The first kappa shape index (κ1) is 14.8. The van der Waals surface area contributed by atoms with Gasteiger partial charge in [0.15, 0.2) is 0 Å². The number of nitrogens with zero attached hydrogens (tertiary/aromatic N) is 1. The fraction of sp³-hybridized carbons (Fsp3) is 0.917. The van der Waals surface area contributed by atoms with Crippen molar-refractivity contribution in [3.8, 4) is 0 Å². The Morgan fingerprint density at radius 1 is 1.53 bits per heavy atom. The third kappa shape index (κ3) is 6.29. The smallest absolute Gasteiger partial charge is 0.234 e. The highest BCUT2D eigenvalue weighted by Crippen LogP contribution is 2.08. The average molecular weight is 259 g/mol. The molecule has 1 amide bonds. The van der Waals surface area contributed by atoms with Crippen LogP contribution in [0.3, 0.4) is 0 Å². The van der Waals surface area contributed by atoms with Crippen molar-refractivity contribution >= 4 is 17.7 Å². The second-order valence-corrected chi connectivity index (χ2v) is 6.07. The Kier molecular flexibility index (Phi) is 6.92. The summed E-state index contributed by atoms with van der Waals surface area (Å²) in [5.74, 6) is 0.147. The molecule has 5 heteroatoms. The number of amides is 1. The van der Waals surface area contributed by atoms with Crippen LogP contribution in [0.2, 0.25) is 0 Å². The molecule has 0 aromatic rings. The van der Waals surface area contributed by atoms with Gasteiger partial charge < -0.3 is 11.1 Å². The molecule has 1 atom stereocenters. The van der Waals surface area contributed by atoms with Crippen LogP contribution >= 0.6 is 11.8 Å². The second-order valence-electron chi connectivity index (χ2n) is 4.80. The van der Waals surface area contributed by atoms with E-state index in [9.17, 15) is 4.79 Å². The number of carbonyl (C=O) groups excluding carboxylic acids is 1. The molecule has 0 spiro atoms. The molecule has 1 rings (SSSR count). The third-order valence-electron chi connectivity index (χ3n) is 3.27. The van der Waals surface area contributed by atoms with Crippen molar-refractivity contribution in [1.82, 2.24) is 10.2 Å². The predicted octanol–water partition coefficient (Wildman–Crippen LogP) is 0.667. The zero-order valence-corrected chi connectivity index (χ0v) is 11.8. The minimum absolute atomic E-state index is 0.147. The van der Waals surface area contributed by atoms with Crippen LogP contribution in [0.1, 0.15) is 26.2 Å². The maximum atomic E-state index is 11.7. The largest absolute Gasteiger partial charge is 0.355 e. The van der Waals surface area contributed by atoms with Crippen molar-refractivity contribution in [2.24, 2.45) is 5.73 Å². The van der Waals surface area contributed by atoms with Gasteiger partial charge in [0.05, 0.1) is 6.54 Å². The van der Waals surface area contributed by atoms with Gasteiger partial charge in [-0.25, -0.2) is 0 Å². The van der Waals surface area contributed by atoms with Crippen LogP contribution in [0.4, 0.5) is 0 Å². The molecule has 0 aromatic carbocycles. The Bertz CT molecular complexity index is 230. The summed E-state index contributed by atoms with van der Waals surface area (Å²) in [6.45, 7) is 5.41. The molecule has 0 bridgehead atoms. The number of hydrogen-bond acceptors (Lipinski definition) is 4. The van der Waals surface area contributed by atoms with Gasteiger partial charge in [-0.15, -0.1) is 0 Å². The van der Waals surface area contributed by atoms with Gasteiger partial charge >= 0.3 is 0 Å². The molecule has 4 nitrogen and oxygen atoms in total. The van der Waals surface area contributed by atoms with E-state index in [-0.39, 0.29) is 5.91 Å². The van der Waals surface area contributed by atoms with Gasteiger partial charge in [0.1, 0.15) is 0 Å². The Morgan fingerprint density at radius 3 is 2.76 bits per heavy atom. The van der Waals surface area contributed by atoms with Crippen LogP contribution in [-0.2, 0) is 4.79 Å².